The summed E-state index contributed by atoms with van der Waals surface area (Å²) in [6, 6.07) is -0.210. The Morgan fingerprint density at radius 3 is 2.35 bits per heavy atom. The van der Waals surface area contributed by atoms with E-state index in [0.717, 1.165) is 6.42 Å². The number of nitrogens with zero attached hydrogens (tertiary/aromatic N) is 1. The number of hydrogen-bond acceptors (Lipinski definition) is 4. The first-order valence-electron chi connectivity index (χ1n) is 8.81. The van der Waals surface area contributed by atoms with Crippen LogP contribution in [0.25, 0.3) is 0 Å². The SMILES string of the molecule is CN[C@@H](CC1CCCCC1)C(=O)N(C)CC(=O)OCC(C)(C)C. The van der Waals surface area contributed by atoms with Gasteiger partial charge in [0.25, 0.3) is 0 Å². The Kier molecular flexibility index (Phi) is 8.03. The van der Waals surface area contributed by atoms with Gasteiger partial charge in [0.1, 0.15) is 6.54 Å². The van der Waals surface area contributed by atoms with Crippen LogP contribution in [0.4, 0.5) is 0 Å². The van der Waals surface area contributed by atoms with Crippen molar-refractivity contribution in [3.63, 3.8) is 0 Å². The van der Waals surface area contributed by atoms with Crippen LogP contribution in [0.5, 0.6) is 0 Å². The highest BCUT2D eigenvalue weighted by Crippen LogP contribution is 2.27. The molecule has 0 spiro atoms. The molecule has 1 N–H and O–H groups in total. The Labute approximate surface area is 141 Å². The van der Waals surface area contributed by atoms with Crippen LogP contribution in [-0.2, 0) is 14.3 Å². The largest absolute Gasteiger partial charge is 0.464 e. The van der Waals surface area contributed by atoms with Gasteiger partial charge in [0, 0.05) is 7.05 Å². The summed E-state index contributed by atoms with van der Waals surface area (Å²) in [6.07, 6.45) is 7.13. The van der Waals surface area contributed by atoms with E-state index in [1.807, 2.05) is 27.8 Å². The van der Waals surface area contributed by atoms with Crippen molar-refractivity contribution < 1.29 is 14.3 Å². The average Bonchev–Trinajstić information content (AvgIpc) is 2.50. The van der Waals surface area contributed by atoms with Gasteiger partial charge in [-0.3, -0.25) is 9.59 Å². The molecule has 5 heteroatoms. The van der Waals surface area contributed by atoms with Crippen molar-refractivity contribution in [3.8, 4) is 0 Å². The summed E-state index contributed by atoms with van der Waals surface area (Å²) >= 11 is 0. The minimum atomic E-state index is -0.344. The lowest BCUT2D eigenvalue weighted by atomic mass is 9.84. The third kappa shape index (κ3) is 7.82. The lowest BCUT2D eigenvalue weighted by molar-refractivity contribution is -0.151. The van der Waals surface area contributed by atoms with Gasteiger partial charge in [-0.25, -0.2) is 0 Å². The number of likely N-dealkylation sites (N-methyl/N-ethyl adjacent to an activating group) is 2. The normalized spacial score (nSPS) is 17.6. The molecule has 5 nitrogen and oxygen atoms in total. The number of nitrogens with one attached hydrogen (secondary N) is 1. The highest BCUT2D eigenvalue weighted by atomic mass is 16.5. The number of carbonyl (C=O) groups is 2. The van der Waals surface area contributed by atoms with Crippen LogP contribution in [0.1, 0.15) is 59.3 Å². The molecular formula is C18H34N2O3. The third-order valence-electron chi connectivity index (χ3n) is 4.35. The van der Waals surface area contributed by atoms with Gasteiger partial charge in [-0.2, -0.15) is 0 Å². The molecule has 0 aromatic rings. The average molecular weight is 326 g/mol. The van der Waals surface area contributed by atoms with Crippen molar-refractivity contribution in [2.75, 3.05) is 27.2 Å². The Hall–Kier alpha value is -1.10. The Bertz CT molecular complexity index is 384. The summed E-state index contributed by atoms with van der Waals surface area (Å²) in [5, 5.41) is 3.12. The van der Waals surface area contributed by atoms with Crippen molar-refractivity contribution >= 4 is 11.9 Å². The van der Waals surface area contributed by atoms with Crippen molar-refractivity contribution in [3.05, 3.63) is 0 Å². The number of hydrogen-bond donors (Lipinski definition) is 1. The molecule has 0 aliphatic heterocycles. The molecule has 1 amide bonds. The Morgan fingerprint density at radius 2 is 1.83 bits per heavy atom. The van der Waals surface area contributed by atoms with Gasteiger partial charge in [-0.1, -0.05) is 52.9 Å². The zero-order chi connectivity index (χ0) is 17.5. The molecule has 0 saturated heterocycles. The van der Waals surface area contributed by atoms with E-state index < -0.39 is 0 Å². The summed E-state index contributed by atoms with van der Waals surface area (Å²) in [5.74, 6) is 0.250. The first-order valence-corrected chi connectivity index (χ1v) is 8.81. The van der Waals surface area contributed by atoms with Crippen LogP contribution in [-0.4, -0.2) is 50.1 Å². The van der Waals surface area contributed by atoms with Gasteiger partial charge < -0.3 is 15.0 Å². The van der Waals surface area contributed by atoms with Crippen LogP contribution in [0, 0.1) is 11.3 Å². The maximum absolute atomic E-state index is 12.5. The van der Waals surface area contributed by atoms with Gasteiger partial charge in [-0.15, -0.1) is 0 Å². The van der Waals surface area contributed by atoms with E-state index in [1.54, 1.807) is 7.05 Å². The predicted octanol–water partition coefficient (Wildman–Crippen LogP) is 2.59. The van der Waals surface area contributed by atoms with Crippen molar-refractivity contribution in [2.24, 2.45) is 11.3 Å². The molecule has 1 aliphatic rings. The standard InChI is InChI=1S/C18H34N2O3/c1-18(2,3)13-23-16(21)12-20(5)17(22)15(19-4)11-14-9-7-6-8-10-14/h14-15,19H,6-13H2,1-5H3/t15-/m0/s1. The molecule has 1 fully saturated rings. The van der Waals surface area contributed by atoms with E-state index in [0.29, 0.717) is 12.5 Å². The summed E-state index contributed by atoms with van der Waals surface area (Å²) in [5.41, 5.74) is -0.0628. The lowest BCUT2D eigenvalue weighted by Gasteiger charge is -2.28. The molecular weight excluding hydrogens is 292 g/mol. The monoisotopic (exact) mass is 326 g/mol. The molecule has 0 heterocycles. The van der Waals surface area contributed by atoms with Crippen LogP contribution < -0.4 is 5.32 Å². The number of esters is 1. The third-order valence-corrected chi connectivity index (χ3v) is 4.35. The van der Waals surface area contributed by atoms with Gasteiger partial charge in [0.2, 0.25) is 5.91 Å². The van der Waals surface area contributed by atoms with Gasteiger partial charge >= 0.3 is 5.97 Å². The minimum absolute atomic E-state index is 0.0117. The van der Waals surface area contributed by atoms with Crippen LogP contribution in [0.3, 0.4) is 0 Å². The molecule has 0 aromatic heterocycles. The second-order valence-corrected chi connectivity index (χ2v) is 8.00. The summed E-state index contributed by atoms with van der Waals surface area (Å²) in [7, 11) is 3.49. The highest BCUT2D eigenvalue weighted by molar-refractivity contribution is 5.85. The zero-order valence-electron chi connectivity index (χ0n) is 15.5. The number of amides is 1. The number of ether oxygens (including phenoxy) is 1. The Morgan fingerprint density at radius 1 is 1.22 bits per heavy atom. The first kappa shape index (κ1) is 19.9. The van der Waals surface area contributed by atoms with Crippen molar-refractivity contribution in [1.82, 2.24) is 10.2 Å². The molecule has 0 radical (unpaired) electrons. The first-order chi connectivity index (χ1) is 10.7. The Balaban J connectivity index is 2.44. The van der Waals surface area contributed by atoms with E-state index in [-0.39, 0.29) is 29.9 Å². The van der Waals surface area contributed by atoms with Crippen LogP contribution in [0.15, 0.2) is 0 Å². The minimum Gasteiger partial charge on any atom is -0.464 e. The summed E-state index contributed by atoms with van der Waals surface area (Å²) in [6.45, 7) is 6.41. The number of carbonyl (C=O) groups excluding carboxylic acids is 2. The predicted molar refractivity (Wildman–Crippen MR) is 92.1 cm³/mol. The van der Waals surface area contributed by atoms with E-state index in [1.165, 1.54) is 37.0 Å². The molecule has 0 aromatic carbocycles. The molecule has 23 heavy (non-hydrogen) atoms. The topological polar surface area (TPSA) is 58.6 Å². The van der Waals surface area contributed by atoms with Crippen molar-refractivity contribution in [2.45, 2.75) is 65.3 Å². The number of rotatable bonds is 7. The second kappa shape index (κ2) is 9.26. The van der Waals surface area contributed by atoms with Crippen molar-refractivity contribution in [1.29, 1.82) is 0 Å². The molecule has 1 saturated carbocycles. The second-order valence-electron chi connectivity index (χ2n) is 8.00. The summed E-state index contributed by atoms with van der Waals surface area (Å²) < 4.78 is 5.24. The maximum atomic E-state index is 12.5. The fourth-order valence-electron chi connectivity index (χ4n) is 2.98. The zero-order valence-corrected chi connectivity index (χ0v) is 15.5. The van der Waals surface area contributed by atoms with Crippen LogP contribution in [0.2, 0.25) is 0 Å². The smallest absolute Gasteiger partial charge is 0.325 e. The van der Waals surface area contributed by atoms with E-state index in [4.69, 9.17) is 4.74 Å². The molecule has 1 aliphatic carbocycles. The van der Waals surface area contributed by atoms with Gasteiger partial charge in [-0.05, 0) is 24.8 Å². The fourth-order valence-corrected chi connectivity index (χ4v) is 2.98. The van der Waals surface area contributed by atoms with Gasteiger partial charge in [0.05, 0.1) is 12.6 Å². The maximum Gasteiger partial charge on any atom is 0.325 e. The highest BCUT2D eigenvalue weighted by Gasteiger charge is 2.26. The lowest BCUT2D eigenvalue weighted by Crippen LogP contribution is -2.46. The molecule has 134 valence electrons. The quantitative estimate of drug-likeness (QED) is 0.731. The van der Waals surface area contributed by atoms with Gasteiger partial charge in [0.15, 0.2) is 0 Å². The van der Waals surface area contributed by atoms with E-state index >= 15 is 0 Å². The molecule has 1 rings (SSSR count). The molecule has 1 atom stereocenters. The van der Waals surface area contributed by atoms with E-state index in [2.05, 4.69) is 5.32 Å². The molecule has 0 unspecified atom stereocenters. The van der Waals surface area contributed by atoms with E-state index in [9.17, 15) is 9.59 Å². The summed E-state index contributed by atoms with van der Waals surface area (Å²) in [4.78, 5) is 25.9. The fraction of sp³-hybridized carbons (Fsp3) is 0.889. The molecule has 0 bridgehead atoms. The van der Waals surface area contributed by atoms with Crippen LogP contribution >= 0.6 is 0 Å².